The summed E-state index contributed by atoms with van der Waals surface area (Å²) in [6.07, 6.45) is 3.73. The Bertz CT molecular complexity index is 603. The molecule has 1 aromatic carbocycles. The molecule has 0 spiro atoms. The van der Waals surface area contributed by atoms with Crippen molar-refractivity contribution < 1.29 is 0 Å². The van der Waals surface area contributed by atoms with Crippen LogP contribution in [0, 0.1) is 25.7 Å². The second kappa shape index (κ2) is 8.62. The monoisotopic (exact) mass is 364 g/mol. The third kappa shape index (κ3) is 5.05. The molecule has 0 aromatic heterocycles. The lowest BCUT2D eigenvalue weighted by Crippen LogP contribution is -2.53. The summed E-state index contributed by atoms with van der Waals surface area (Å²) in [5, 5.41) is 7.69. The van der Waals surface area contributed by atoms with Crippen LogP contribution in [0.2, 0.25) is 0 Å². The molecule has 0 aliphatic heterocycles. The molecular weight excluding hydrogens is 336 g/mol. The van der Waals surface area contributed by atoms with Crippen LogP contribution in [0.15, 0.2) is 18.2 Å². The molecule has 1 aliphatic rings. The van der Waals surface area contributed by atoms with Gasteiger partial charge < -0.3 is 10.6 Å². The molecule has 1 aliphatic carbocycles. The topological polar surface area (TPSA) is 48.1 Å². The number of rotatable bonds is 2. The van der Waals surface area contributed by atoms with Gasteiger partial charge in [-0.3, -0.25) is 10.9 Å². The molecule has 0 bridgehead atoms. The maximum atomic E-state index is 5.38. The standard InChI is InChI=1S/C18H28N4S2/c1-11-7-5-9-15(13(11)3)19-17(23)21-22-18(24)20-16-10-6-8-12(2)14(16)4/h5,7,9,12,14,16H,6,8,10H2,1-4H3,(H2,19,21,23)(H2,20,22,24)/t12-,14-,16+/m0/s1. The lowest BCUT2D eigenvalue weighted by Gasteiger charge is -2.35. The predicted molar refractivity (Wildman–Crippen MR) is 110 cm³/mol. The van der Waals surface area contributed by atoms with Crippen LogP contribution in [0.4, 0.5) is 5.69 Å². The molecule has 0 amide bonds. The highest BCUT2D eigenvalue weighted by Crippen LogP contribution is 2.29. The van der Waals surface area contributed by atoms with Gasteiger partial charge in [-0.05, 0) is 73.7 Å². The van der Waals surface area contributed by atoms with Crippen molar-refractivity contribution in [3.63, 3.8) is 0 Å². The highest BCUT2D eigenvalue weighted by molar-refractivity contribution is 7.80. The molecule has 0 unspecified atom stereocenters. The molecule has 0 saturated heterocycles. The Labute approximate surface area is 156 Å². The summed E-state index contributed by atoms with van der Waals surface area (Å²) in [6.45, 7) is 8.77. The van der Waals surface area contributed by atoms with Gasteiger partial charge in [-0.2, -0.15) is 0 Å². The Morgan fingerprint density at radius 1 is 1.04 bits per heavy atom. The largest absolute Gasteiger partial charge is 0.358 e. The van der Waals surface area contributed by atoms with E-state index < -0.39 is 0 Å². The number of hydrogen-bond acceptors (Lipinski definition) is 2. The Hall–Kier alpha value is -1.40. The lowest BCUT2D eigenvalue weighted by atomic mass is 9.78. The van der Waals surface area contributed by atoms with E-state index in [9.17, 15) is 0 Å². The SMILES string of the molecule is Cc1cccc(NC(=S)NNC(=S)N[C@@H]2CCC[C@H](C)[C@@H]2C)c1C. The number of benzene rings is 1. The van der Waals surface area contributed by atoms with E-state index >= 15 is 0 Å². The van der Waals surface area contributed by atoms with E-state index in [2.05, 4.69) is 55.2 Å². The highest BCUT2D eigenvalue weighted by atomic mass is 32.1. The second-order valence-corrected chi connectivity index (χ2v) is 7.62. The molecule has 0 heterocycles. The molecule has 132 valence electrons. The molecule has 4 N–H and O–H groups in total. The van der Waals surface area contributed by atoms with E-state index in [1.165, 1.54) is 30.4 Å². The Kier molecular flexibility index (Phi) is 6.80. The average Bonchev–Trinajstić information content (AvgIpc) is 2.54. The molecule has 1 fully saturated rings. The number of anilines is 1. The molecule has 24 heavy (non-hydrogen) atoms. The fourth-order valence-corrected chi connectivity index (χ4v) is 3.51. The highest BCUT2D eigenvalue weighted by Gasteiger charge is 2.27. The van der Waals surface area contributed by atoms with Crippen molar-refractivity contribution >= 4 is 40.3 Å². The third-order valence-corrected chi connectivity index (χ3v) is 5.59. The van der Waals surface area contributed by atoms with Gasteiger partial charge in [-0.15, -0.1) is 0 Å². The van der Waals surface area contributed by atoms with Gasteiger partial charge in [0.15, 0.2) is 10.2 Å². The molecular formula is C18H28N4S2. The second-order valence-electron chi connectivity index (χ2n) is 6.80. The third-order valence-electron chi connectivity index (χ3n) is 5.17. The van der Waals surface area contributed by atoms with Crippen LogP contribution in [0.5, 0.6) is 0 Å². The lowest BCUT2D eigenvalue weighted by molar-refractivity contribution is 0.224. The van der Waals surface area contributed by atoms with Crippen molar-refractivity contribution in [3.8, 4) is 0 Å². The van der Waals surface area contributed by atoms with Crippen molar-refractivity contribution in [3.05, 3.63) is 29.3 Å². The first kappa shape index (κ1) is 18.9. The average molecular weight is 365 g/mol. The molecule has 0 radical (unpaired) electrons. The van der Waals surface area contributed by atoms with E-state index in [1.807, 2.05) is 12.1 Å². The minimum Gasteiger partial charge on any atom is -0.358 e. The van der Waals surface area contributed by atoms with Gasteiger partial charge in [0.05, 0.1) is 0 Å². The van der Waals surface area contributed by atoms with Crippen LogP contribution < -0.4 is 21.5 Å². The van der Waals surface area contributed by atoms with Crippen LogP contribution in [-0.2, 0) is 0 Å². The van der Waals surface area contributed by atoms with Crippen LogP contribution in [-0.4, -0.2) is 16.3 Å². The molecule has 6 heteroatoms. The van der Waals surface area contributed by atoms with Crippen molar-refractivity contribution in [2.75, 3.05) is 5.32 Å². The zero-order chi connectivity index (χ0) is 17.7. The maximum absolute atomic E-state index is 5.38. The summed E-state index contributed by atoms with van der Waals surface area (Å²) in [5.74, 6) is 1.36. The van der Waals surface area contributed by atoms with Crippen molar-refractivity contribution in [1.82, 2.24) is 16.2 Å². The van der Waals surface area contributed by atoms with Gasteiger partial charge in [-0.25, -0.2) is 0 Å². The molecule has 3 atom stereocenters. The summed E-state index contributed by atoms with van der Waals surface area (Å²) < 4.78 is 0. The Morgan fingerprint density at radius 2 is 1.75 bits per heavy atom. The normalized spacial score (nSPS) is 23.2. The number of hydrazine groups is 1. The van der Waals surface area contributed by atoms with Crippen molar-refractivity contribution in [2.24, 2.45) is 11.8 Å². The zero-order valence-electron chi connectivity index (χ0n) is 14.9. The quantitative estimate of drug-likeness (QED) is 0.473. The van der Waals surface area contributed by atoms with Crippen LogP contribution in [0.25, 0.3) is 0 Å². The molecule has 1 saturated carbocycles. The molecule has 1 aromatic rings. The summed E-state index contributed by atoms with van der Waals surface area (Å²) in [4.78, 5) is 0. The van der Waals surface area contributed by atoms with Crippen LogP contribution >= 0.6 is 24.4 Å². The van der Waals surface area contributed by atoms with Crippen molar-refractivity contribution in [1.29, 1.82) is 0 Å². The van der Waals surface area contributed by atoms with E-state index in [1.54, 1.807) is 0 Å². The summed E-state index contributed by atoms with van der Waals surface area (Å²) in [7, 11) is 0. The van der Waals surface area contributed by atoms with Gasteiger partial charge in [0, 0.05) is 11.7 Å². The first-order valence-electron chi connectivity index (χ1n) is 8.58. The number of thiocarbonyl (C=S) groups is 2. The van der Waals surface area contributed by atoms with E-state index in [0.717, 1.165) is 11.6 Å². The van der Waals surface area contributed by atoms with E-state index in [4.69, 9.17) is 24.4 Å². The van der Waals surface area contributed by atoms with Crippen molar-refractivity contribution in [2.45, 2.75) is 53.0 Å². The number of aryl methyl sites for hydroxylation is 1. The number of nitrogens with one attached hydrogen (secondary N) is 4. The van der Waals surface area contributed by atoms with Gasteiger partial charge in [0.2, 0.25) is 0 Å². The van der Waals surface area contributed by atoms with Crippen LogP contribution in [0.3, 0.4) is 0 Å². The Balaban J connectivity index is 1.79. The zero-order valence-corrected chi connectivity index (χ0v) is 16.5. The van der Waals surface area contributed by atoms with Gasteiger partial charge in [0.1, 0.15) is 0 Å². The van der Waals surface area contributed by atoms with E-state index in [0.29, 0.717) is 22.2 Å². The molecule has 2 rings (SSSR count). The summed E-state index contributed by atoms with van der Waals surface area (Å²) in [5.41, 5.74) is 9.37. The fraction of sp³-hybridized carbons (Fsp3) is 0.556. The first-order chi connectivity index (χ1) is 11.4. The predicted octanol–water partition coefficient (Wildman–Crippen LogP) is 3.79. The molecule has 4 nitrogen and oxygen atoms in total. The first-order valence-corrected chi connectivity index (χ1v) is 9.40. The van der Waals surface area contributed by atoms with Gasteiger partial charge in [-0.1, -0.05) is 38.8 Å². The summed E-state index contributed by atoms with van der Waals surface area (Å²) >= 11 is 10.7. The minimum absolute atomic E-state index is 0.427. The fourth-order valence-electron chi connectivity index (χ4n) is 3.14. The van der Waals surface area contributed by atoms with Gasteiger partial charge >= 0.3 is 0 Å². The van der Waals surface area contributed by atoms with Crippen LogP contribution in [0.1, 0.15) is 44.2 Å². The van der Waals surface area contributed by atoms with Gasteiger partial charge in [0.25, 0.3) is 0 Å². The maximum Gasteiger partial charge on any atom is 0.189 e. The smallest absolute Gasteiger partial charge is 0.189 e. The minimum atomic E-state index is 0.427. The van der Waals surface area contributed by atoms with E-state index in [-0.39, 0.29) is 0 Å². The Morgan fingerprint density at radius 3 is 2.50 bits per heavy atom. The number of hydrogen-bond donors (Lipinski definition) is 4. The summed E-state index contributed by atoms with van der Waals surface area (Å²) in [6, 6.07) is 6.54.